The highest BCUT2D eigenvalue weighted by Crippen LogP contribution is 1.97. The molecule has 0 aliphatic rings. The summed E-state index contributed by atoms with van der Waals surface area (Å²) < 4.78 is 0. The van der Waals surface area contributed by atoms with E-state index in [-0.39, 0.29) is 0 Å². The van der Waals surface area contributed by atoms with Gasteiger partial charge in [0, 0.05) is 0 Å². The van der Waals surface area contributed by atoms with E-state index in [1.54, 1.807) is 6.92 Å². The number of aliphatic hydroxyl groups excluding tert-OH is 2. The summed E-state index contributed by atoms with van der Waals surface area (Å²) in [5.74, 6) is 5.10. The van der Waals surface area contributed by atoms with Gasteiger partial charge in [0.05, 0.1) is 0 Å². The molecule has 2 atom stereocenters. The first-order valence-electron chi connectivity index (χ1n) is 4.69. The van der Waals surface area contributed by atoms with Gasteiger partial charge in [-0.2, -0.15) is 0 Å². The SMILES string of the molecule is CC/C=C/CCC(O)C#CC(C)O. The van der Waals surface area contributed by atoms with Gasteiger partial charge in [0.25, 0.3) is 0 Å². The average molecular weight is 182 g/mol. The fourth-order valence-electron chi connectivity index (χ4n) is 0.828. The smallest absolute Gasteiger partial charge is 0.115 e. The van der Waals surface area contributed by atoms with Crippen molar-refractivity contribution in [1.82, 2.24) is 0 Å². The first-order chi connectivity index (χ1) is 6.16. The second kappa shape index (κ2) is 7.85. The molecular weight excluding hydrogens is 164 g/mol. The molecule has 0 aromatic heterocycles. The van der Waals surface area contributed by atoms with Crippen LogP contribution in [0.2, 0.25) is 0 Å². The highest BCUT2D eigenvalue weighted by atomic mass is 16.3. The van der Waals surface area contributed by atoms with Gasteiger partial charge in [0.2, 0.25) is 0 Å². The summed E-state index contributed by atoms with van der Waals surface area (Å²) in [6, 6.07) is 0. The third kappa shape index (κ3) is 9.13. The van der Waals surface area contributed by atoms with Crippen molar-refractivity contribution in [3.05, 3.63) is 12.2 Å². The van der Waals surface area contributed by atoms with E-state index in [0.29, 0.717) is 6.42 Å². The molecular formula is C11H18O2. The van der Waals surface area contributed by atoms with E-state index < -0.39 is 12.2 Å². The Morgan fingerprint density at radius 2 is 1.92 bits per heavy atom. The zero-order valence-electron chi connectivity index (χ0n) is 8.33. The van der Waals surface area contributed by atoms with Crippen LogP contribution in [0.4, 0.5) is 0 Å². The summed E-state index contributed by atoms with van der Waals surface area (Å²) >= 11 is 0. The van der Waals surface area contributed by atoms with Crippen LogP contribution in [-0.4, -0.2) is 22.4 Å². The van der Waals surface area contributed by atoms with E-state index in [4.69, 9.17) is 5.11 Å². The molecule has 13 heavy (non-hydrogen) atoms. The molecule has 0 saturated heterocycles. The van der Waals surface area contributed by atoms with E-state index in [1.807, 2.05) is 6.08 Å². The lowest BCUT2D eigenvalue weighted by Crippen LogP contribution is -2.03. The van der Waals surface area contributed by atoms with Crippen molar-refractivity contribution in [2.24, 2.45) is 0 Å². The lowest BCUT2D eigenvalue weighted by Gasteiger charge is -1.99. The van der Waals surface area contributed by atoms with Gasteiger partial charge < -0.3 is 10.2 Å². The number of aliphatic hydroxyl groups is 2. The van der Waals surface area contributed by atoms with E-state index in [1.165, 1.54) is 0 Å². The maximum absolute atomic E-state index is 9.28. The minimum atomic E-state index is -0.652. The number of allylic oxidation sites excluding steroid dienone is 2. The van der Waals surface area contributed by atoms with Gasteiger partial charge >= 0.3 is 0 Å². The minimum Gasteiger partial charge on any atom is -0.381 e. The molecule has 0 bridgehead atoms. The Balaban J connectivity index is 3.58. The van der Waals surface area contributed by atoms with Gasteiger partial charge in [-0.15, -0.1) is 0 Å². The highest BCUT2D eigenvalue weighted by molar-refractivity contribution is 5.07. The summed E-state index contributed by atoms with van der Waals surface area (Å²) in [7, 11) is 0. The number of hydrogen-bond acceptors (Lipinski definition) is 2. The molecule has 0 aliphatic carbocycles. The van der Waals surface area contributed by atoms with Gasteiger partial charge in [0.15, 0.2) is 0 Å². The van der Waals surface area contributed by atoms with Crippen LogP contribution in [0.3, 0.4) is 0 Å². The van der Waals surface area contributed by atoms with Gasteiger partial charge in [-0.25, -0.2) is 0 Å². The molecule has 0 aliphatic heterocycles. The van der Waals surface area contributed by atoms with Crippen molar-refractivity contribution in [3.63, 3.8) is 0 Å². The van der Waals surface area contributed by atoms with Crippen molar-refractivity contribution in [2.45, 2.75) is 45.3 Å². The first-order valence-corrected chi connectivity index (χ1v) is 4.69. The molecule has 74 valence electrons. The van der Waals surface area contributed by atoms with E-state index in [9.17, 15) is 5.11 Å². The van der Waals surface area contributed by atoms with Crippen molar-refractivity contribution in [2.75, 3.05) is 0 Å². The van der Waals surface area contributed by atoms with E-state index in [0.717, 1.165) is 12.8 Å². The summed E-state index contributed by atoms with van der Waals surface area (Å²) in [6.45, 7) is 3.65. The summed E-state index contributed by atoms with van der Waals surface area (Å²) in [5.41, 5.74) is 0. The van der Waals surface area contributed by atoms with Crippen LogP contribution in [-0.2, 0) is 0 Å². The van der Waals surface area contributed by atoms with Crippen LogP contribution >= 0.6 is 0 Å². The van der Waals surface area contributed by atoms with Crippen LogP contribution in [0, 0.1) is 11.8 Å². The Hall–Kier alpha value is -0.780. The Kier molecular flexibility index (Phi) is 7.38. The van der Waals surface area contributed by atoms with Crippen LogP contribution < -0.4 is 0 Å². The lowest BCUT2D eigenvalue weighted by molar-refractivity contribution is 0.220. The molecule has 2 N–H and O–H groups in total. The topological polar surface area (TPSA) is 40.5 Å². The van der Waals surface area contributed by atoms with Crippen molar-refractivity contribution < 1.29 is 10.2 Å². The predicted molar refractivity (Wildman–Crippen MR) is 54.1 cm³/mol. The molecule has 0 heterocycles. The van der Waals surface area contributed by atoms with Crippen LogP contribution in [0.15, 0.2) is 12.2 Å². The average Bonchev–Trinajstić information content (AvgIpc) is 2.09. The van der Waals surface area contributed by atoms with Crippen molar-refractivity contribution in [1.29, 1.82) is 0 Å². The molecule has 0 saturated carbocycles. The highest BCUT2D eigenvalue weighted by Gasteiger charge is 1.96. The van der Waals surface area contributed by atoms with Gasteiger partial charge in [-0.05, 0) is 26.2 Å². The maximum Gasteiger partial charge on any atom is 0.115 e. The fourth-order valence-corrected chi connectivity index (χ4v) is 0.828. The van der Waals surface area contributed by atoms with E-state index in [2.05, 4.69) is 24.8 Å². The molecule has 0 amide bonds. The van der Waals surface area contributed by atoms with Crippen molar-refractivity contribution >= 4 is 0 Å². The summed E-state index contributed by atoms with van der Waals surface area (Å²) in [4.78, 5) is 0. The van der Waals surface area contributed by atoms with Crippen LogP contribution in [0.1, 0.15) is 33.1 Å². The maximum atomic E-state index is 9.28. The Labute approximate surface area is 80.3 Å². The zero-order valence-corrected chi connectivity index (χ0v) is 8.33. The Bertz CT molecular complexity index is 196. The minimum absolute atomic E-state index is 0.615. The molecule has 2 heteroatoms. The largest absolute Gasteiger partial charge is 0.381 e. The third-order valence-electron chi connectivity index (χ3n) is 1.47. The third-order valence-corrected chi connectivity index (χ3v) is 1.47. The second-order valence-electron chi connectivity index (χ2n) is 2.94. The molecule has 0 spiro atoms. The van der Waals surface area contributed by atoms with Gasteiger partial charge in [-0.1, -0.05) is 30.9 Å². The lowest BCUT2D eigenvalue weighted by atomic mass is 10.2. The molecule has 0 rings (SSSR count). The monoisotopic (exact) mass is 182 g/mol. The first kappa shape index (κ1) is 12.2. The molecule has 0 radical (unpaired) electrons. The zero-order chi connectivity index (χ0) is 10.1. The normalized spacial score (nSPS) is 15.1. The number of rotatable bonds is 4. The second-order valence-corrected chi connectivity index (χ2v) is 2.94. The van der Waals surface area contributed by atoms with Crippen LogP contribution in [0.25, 0.3) is 0 Å². The molecule has 2 nitrogen and oxygen atoms in total. The van der Waals surface area contributed by atoms with Gasteiger partial charge in [-0.3, -0.25) is 0 Å². The molecule has 0 aromatic rings. The van der Waals surface area contributed by atoms with Crippen molar-refractivity contribution in [3.8, 4) is 11.8 Å². The van der Waals surface area contributed by atoms with E-state index >= 15 is 0 Å². The standard InChI is InChI=1S/C11H18O2/c1-3-4-5-6-7-11(13)9-8-10(2)12/h4-5,10-13H,3,6-7H2,1-2H3/b5-4+. The Morgan fingerprint density at radius 3 is 2.46 bits per heavy atom. The van der Waals surface area contributed by atoms with Gasteiger partial charge in [0.1, 0.15) is 12.2 Å². The molecule has 2 unspecified atom stereocenters. The predicted octanol–water partition coefficient (Wildman–Crippen LogP) is 1.48. The number of hydrogen-bond donors (Lipinski definition) is 2. The van der Waals surface area contributed by atoms with Crippen LogP contribution in [0.5, 0.6) is 0 Å². The quantitative estimate of drug-likeness (QED) is 0.510. The Morgan fingerprint density at radius 1 is 1.23 bits per heavy atom. The summed E-state index contributed by atoms with van der Waals surface area (Å²) in [5, 5.41) is 18.1. The fraction of sp³-hybridized carbons (Fsp3) is 0.636. The molecule has 0 fully saturated rings. The summed E-state index contributed by atoms with van der Waals surface area (Å²) in [6.07, 6.45) is 5.33. The molecule has 0 aromatic carbocycles.